The number of benzene rings is 1. The number of rotatable bonds is 6. The smallest absolute Gasteiger partial charge is 0.263 e. The second-order valence-corrected chi connectivity index (χ2v) is 6.85. The first-order valence-corrected chi connectivity index (χ1v) is 8.96. The number of carbonyl (C=O) groups excluding carboxylic acids is 1. The summed E-state index contributed by atoms with van der Waals surface area (Å²) in [4.78, 5) is 19.0. The van der Waals surface area contributed by atoms with Gasteiger partial charge in [-0.05, 0) is 31.4 Å². The van der Waals surface area contributed by atoms with Gasteiger partial charge in [0.1, 0.15) is 10.7 Å². The van der Waals surface area contributed by atoms with Crippen molar-refractivity contribution in [1.29, 1.82) is 0 Å². The van der Waals surface area contributed by atoms with Gasteiger partial charge >= 0.3 is 0 Å². The van der Waals surface area contributed by atoms with Crippen LogP contribution in [0.3, 0.4) is 0 Å². The fourth-order valence-electron chi connectivity index (χ4n) is 2.86. The summed E-state index contributed by atoms with van der Waals surface area (Å²) in [5.74, 6) is 0.0403. The van der Waals surface area contributed by atoms with Gasteiger partial charge in [0.15, 0.2) is 5.13 Å². The van der Waals surface area contributed by atoms with Gasteiger partial charge < -0.3 is 15.5 Å². The quantitative estimate of drug-likeness (QED) is 0.843. The third kappa shape index (κ3) is 3.84. The summed E-state index contributed by atoms with van der Waals surface area (Å²) in [6.07, 6.45) is 2.54. The molecule has 1 saturated heterocycles. The van der Waals surface area contributed by atoms with E-state index in [-0.39, 0.29) is 11.7 Å². The Bertz CT molecular complexity index is 705. The summed E-state index contributed by atoms with van der Waals surface area (Å²) < 4.78 is 13.8. The van der Waals surface area contributed by atoms with E-state index in [4.69, 9.17) is 0 Å². The zero-order valence-electron chi connectivity index (χ0n) is 13.6. The number of hydrogen-bond acceptors (Lipinski definition) is 5. The van der Waals surface area contributed by atoms with E-state index in [0.29, 0.717) is 23.0 Å². The molecule has 2 N–H and O–H groups in total. The average Bonchev–Trinajstić information content (AvgIpc) is 3.23. The first-order chi connectivity index (χ1) is 11.7. The topological polar surface area (TPSA) is 57.3 Å². The molecule has 128 valence electrons. The number of para-hydroxylation sites is 1. The van der Waals surface area contributed by atoms with Crippen LogP contribution in [0.25, 0.3) is 0 Å². The molecule has 7 heteroatoms. The van der Waals surface area contributed by atoms with E-state index in [1.54, 1.807) is 18.3 Å². The highest BCUT2D eigenvalue weighted by atomic mass is 32.1. The van der Waals surface area contributed by atoms with Gasteiger partial charge in [-0.3, -0.25) is 4.79 Å². The van der Waals surface area contributed by atoms with Gasteiger partial charge in [-0.2, -0.15) is 0 Å². The summed E-state index contributed by atoms with van der Waals surface area (Å²) in [5.41, 5.74) is 0.643. The Labute approximate surface area is 144 Å². The van der Waals surface area contributed by atoms with Crippen molar-refractivity contribution in [3.05, 3.63) is 41.2 Å². The van der Waals surface area contributed by atoms with E-state index < -0.39 is 0 Å². The lowest BCUT2D eigenvalue weighted by atomic mass is 10.1. The second-order valence-electron chi connectivity index (χ2n) is 5.82. The molecular formula is C17H21FN4OS. The zero-order valence-corrected chi connectivity index (χ0v) is 14.4. The fraction of sp³-hybridized carbons (Fsp3) is 0.412. The Morgan fingerprint density at radius 3 is 3.08 bits per heavy atom. The van der Waals surface area contributed by atoms with Crippen molar-refractivity contribution in [2.45, 2.75) is 13.3 Å². The Morgan fingerprint density at radius 1 is 1.46 bits per heavy atom. The number of anilines is 2. The van der Waals surface area contributed by atoms with Gasteiger partial charge in [0.05, 0.1) is 11.9 Å². The van der Waals surface area contributed by atoms with Crippen LogP contribution in [0.2, 0.25) is 0 Å². The predicted molar refractivity (Wildman–Crippen MR) is 95.3 cm³/mol. The van der Waals surface area contributed by atoms with Crippen LogP contribution in [0.4, 0.5) is 15.2 Å². The average molecular weight is 348 g/mol. The molecule has 1 aliphatic heterocycles. The van der Waals surface area contributed by atoms with Crippen LogP contribution in [0.15, 0.2) is 30.5 Å². The lowest BCUT2D eigenvalue weighted by Crippen LogP contribution is -2.30. The molecule has 0 radical (unpaired) electrons. The van der Waals surface area contributed by atoms with Crippen molar-refractivity contribution < 1.29 is 9.18 Å². The Morgan fingerprint density at radius 2 is 2.29 bits per heavy atom. The molecule has 3 rings (SSSR count). The molecule has 0 saturated carbocycles. The monoisotopic (exact) mass is 348 g/mol. The largest absolute Gasteiger partial charge is 0.369 e. The molecule has 0 spiro atoms. The maximum Gasteiger partial charge on any atom is 0.263 e. The Balaban J connectivity index is 1.50. The lowest BCUT2D eigenvalue weighted by Gasteiger charge is -2.19. The van der Waals surface area contributed by atoms with E-state index in [1.165, 1.54) is 17.4 Å². The Hall–Kier alpha value is -2.15. The number of carbonyl (C=O) groups is 1. The van der Waals surface area contributed by atoms with Gasteiger partial charge in [-0.25, -0.2) is 9.37 Å². The number of nitrogens with zero attached hydrogens (tertiary/aromatic N) is 2. The van der Waals surface area contributed by atoms with Crippen molar-refractivity contribution in [2.75, 3.05) is 36.4 Å². The summed E-state index contributed by atoms with van der Waals surface area (Å²) in [6.45, 7) is 4.93. The molecule has 1 aromatic carbocycles. The summed E-state index contributed by atoms with van der Waals surface area (Å²) in [6, 6.07) is 6.83. The molecule has 1 atom stereocenters. The van der Waals surface area contributed by atoms with Crippen LogP contribution in [0.5, 0.6) is 0 Å². The van der Waals surface area contributed by atoms with Gasteiger partial charge in [0.2, 0.25) is 0 Å². The van der Waals surface area contributed by atoms with E-state index in [9.17, 15) is 9.18 Å². The molecule has 1 unspecified atom stereocenters. The molecule has 24 heavy (non-hydrogen) atoms. The van der Waals surface area contributed by atoms with Crippen LogP contribution >= 0.6 is 11.3 Å². The number of thiazole rings is 1. The molecule has 1 amide bonds. The molecule has 1 aromatic heterocycles. The highest BCUT2D eigenvalue weighted by Crippen LogP contribution is 2.26. The highest BCUT2D eigenvalue weighted by molar-refractivity contribution is 7.17. The van der Waals surface area contributed by atoms with E-state index >= 15 is 0 Å². The Kier molecular flexibility index (Phi) is 5.30. The van der Waals surface area contributed by atoms with E-state index in [2.05, 4.69) is 15.6 Å². The normalized spacial score (nSPS) is 17.1. The second kappa shape index (κ2) is 7.61. The molecule has 5 nitrogen and oxygen atoms in total. The van der Waals surface area contributed by atoms with Crippen LogP contribution in [0, 0.1) is 11.7 Å². The number of nitrogens with one attached hydrogen (secondary N) is 2. The third-order valence-electron chi connectivity index (χ3n) is 4.09. The third-order valence-corrected chi connectivity index (χ3v) is 5.04. The van der Waals surface area contributed by atoms with Gasteiger partial charge in [0.25, 0.3) is 5.91 Å². The van der Waals surface area contributed by atoms with Crippen molar-refractivity contribution in [3.8, 4) is 0 Å². The first kappa shape index (κ1) is 16.7. The van der Waals surface area contributed by atoms with Crippen molar-refractivity contribution in [2.24, 2.45) is 5.92 Å². The van der Waals surface area contributed by atoms with Crippen molar-refractivity contribution >= 4 is 28.1 Å². The standard InChI is InChI=1S/C17H21FN4OS/c1-2-19-17-21-10-15(24-17)16(23)20-9-12-7-8-22(11-12)14-6-4-3-5-13(14)18/h3-6,10,12H,2,7-9,11H2,1H3,(H,19,21)(H,20,23). The summed E-state index contributed by atoms with van der Waals surface area (Å²) in [7, 11) is 0. The SMILES string of the molecule is CCNc1ncc(C(=O)NCC2CCN(c3ccccc3F)C2)s1. The molecule has 0 aliphatic carbocycles. The summed E-state index contributed by atoms with van der Waals surface area (Å²) >= 11 is 1.35. The number of halogens is 1. The fourth-order valence-corrected chi connectivity index (χ4v) is 3.66. The van der Waals surface area contributed by atoms with E-state index in [1.807, 2.05) is 17.9 Å². The van der Waals surface area contributed by atoms with Crippen LogP contribution in [-0.4, -0.2) is 37.1 Å². The van der Waals surface area contributed by atoms with Crippen LogP contribution in [0.1, 0.15) is 23.0 Å². The lowest BCUT2D eigenvalue weighted by molar-refractivity contribution is 0.0952. The molecular weight excluding hydrogens is 327 g/mol. The minimum absolute atomic E-state index is 0.0963. The maximum absolute atomic E-state index is 13.8. The van der Waals surface area contributed by atoms with Crippen LogP contribution in [-0.2, 0) is 0 Å². The van der Waals surface area contributed by atoms with Gasteiger partial charge in [-0.1, -0.05) is 23.5 Å². The zero-order chi connectivity index (χ0) is 16.9. The number of aromatic nitrogens is 1. The maximum atomic E-state index is 13.8. The molecule has 2 heterocycles. The predicted octanol–water partition coefficient (Wildman–Crippen LogP) is 2.97. The van der Waals surface area contributed by atoms with Gasteiger partial charge in [0, 0.05) is 26.2 Å². The minimum atomic E-state index is -0.192. The van der Waals surface area contributed by atoms with Crippen molar-refractivity contribution in [1.82, 2.24) is 10.3 Å². The van der Waals surface area contributed by atoms with E-state index in [0.717, 1.165) is 31.2 Å². The molecule has 1 fully saturated rings. The first-order valence-electron chi connectivity index (χ1n) is 8.14. The van der Waals surface area contributed by atoms with Gasteiger partial charge in [-0.15, -0.1) is 0 Å². The summed E-state index contributed by atoms with van der Waals surface area (Å²) in [5, 5.41) is 6.82. The van der Waals surface area contributed by atoms with Crippen molar-refractivity contribution in [3.63, 3.8) is 0 Å². The molecule has 0 bridgehead atoms. The minimum Gasteiger partial charge on any atom is -0.369 e. The number of amides is 1. The van der Waals surface area contributed by atoms with Crippen LogP contribution < -0.4 is 15.5 Å². The number of hydrogen-bond donors (Lipinski definition) is 2. The molecule has 1 aliphatic rings. The highest BCUT2D eigenvalue weighted by Gasteiger charge is 2.25. The molecule has 2 aromatic rings.